The van der Waals surface area contributed by atoms with Gasteiger partial charge in [0.2, 0.25) is 0 Å². The normalized spacial score (nSPS) is 10.6. The van der Waals surface area contributed by atoms with E-state index in [0.717, 1.165) is 0 Å². The number of nitrogens with zero attached hydrogens (tertiary/aromatic N) is 1. The molecule has 2 aromatic carbocycles. The van der Waals surface area contributed by atoms with Gasteiger partial charge in [0.05, 0.1) is 32.0 Å². The Morgan fingerprint density at radius 2 is 1.78 bits per heavy atom. The Morgan fingerprint density at radius 3 is 2.37 bits per heavy atom. The van der Waals surface area contributed by atoms with Gasteiger partial charge in [0.15, 0.2) is 0 Å². The molecule has 140 valence electrons. The number of halogens is 1. The molecule has 1 amide bonds. The van der Waals surface area contributed by atoms with E-state index in [0.29, 0.717) is 33.6 Å². The molecule has 8 heteroatoms. The number of anilines is 2. The molecule has 0 aliphatic carbocycles. The summed E-state index contributed by atoms with van der Waals surface area (Å²) in [5, 5.41) is 15.2. The molecule has 0 spiro atoms. The summed E-state index contributed by atoms with van der Waals surface area (Å²) in [6.45, 7) is 0. The molecular weight excluding hydrogens is 370 g/mol. The smallest absolute Gasteiger partial charge is 0.267 e. The Balaban J connectivity index is 2.17. The van der Waals surface area contributed by atoms with Gasteiger partial charge in [0.1, 0.15) is 28.9 Å². The van der Waals surface area contributed by atoms with E-state index in [2.05, 4.69) is 10.6 Å². The van der Waals surface area contributed by atoms with Gasteiger partial charge in [-0.05, 0) is 30.3 Å². The first-order chi connectivity index (χ1) is 13.0. The van der Waals surface area contributed by atoms with Crippen LogP contribution in [-0.2, 0) is 4.79 Å². The van der Waals surface area contributed by atoms with Crippen LogP contribution in [0.4, 0.5) is 11.4 Å². The van der Waals surface area contributed by atoms with Crippen LogP contribution in [0.5, 0.6) is 17.2 Å². The molecule has 27 heavy (non-hydrogen) atoms. The van der Waals surface area contributed by atoms with E-state index in [1.54, 1.807) is 36.4 Å². The maximum Gasteiger partial charge on any atom is 0.267 e. The Kier molecular flexibility index (Phi) is 6.92. The summed E-state index contributed by atoms with van der Waals surface area (Å²) in [5.41, 5.74) is 0.850. The fourth-order valence-electron chi connectivity index (χ4n) is 2.16. The number of nitrogens with one attached hydrogen (secondary N) is 2. The first-order valence-corrected chi connectivity index (χ1v) is 8.14. The lowest BCUT2D eigenvalue weighted by Crippen LogP contribution is -2.15. The van der Waals surface area contributed by atoms with Gasteiger partial charge in [-0.15, -0.1) is 0 Å². The highest BCUT2D eigenvalue weighted by Crippen LogP contribution is 2.29. The monoisotopic (exact) mass is 387 g/mol. The molecule has 0 heterocycles. The van der Waals surface area contributed by atoms with Gasteiger partial charge in [0.25, 0.3) is 5.91 Å². The van der Waals surface area contributed by atoms with Gasteiger partial charge in [-0.2, -0.15) is 5.26 Å². The van der Waals surface area contributed by atoms with Crippen molar-refractivity contribution in [3.8, 4) is 23.3 Å². The van der Waals surface area contributed by atoms with Crippen molar-refractivity contribution in [1.29, 1.82) is 5.26 Å². The lowest BCUT2D eigenvalue weighted by molar-refractivity contribution is -0.112. The molecule has 0 aliphatic rings. The quantitative estimate of drug-likeness (QED) is 0.554. The second kappa shape index (κ2) is 9.36. The van der Waals surface area contributed by atoms with Gasteiger partial charge in [-0.25, -0.2) is 0 Å². The van der Waals surface area contributed by atoms with E-state index in [1.165, 1.54) is 27.5 Å². The molecule has 7 nitrogen and oxygen atoms in total. The third kappa shape index (κ3) is 5.06. The Labute approximate surface area is 162 Å². The van der Waals surface area contributed by atoms with Crippen molar-refractivity contribution in [2.24, 2.45) is 0 Å². The van der Waals surface area contributed by atoms with Gasteiger partial charge < -0.3 is 24.8 Å². The maximum atomic E-state index is 12.4. The van der Waals surface area contributed by atoms with Crippen LogP contribution in [0.2, 0.25) is 5.02 Å². The van der Waals surface area contributed by atoms with Crippen LogP contribution >= 0.6 is 11.6 Å². The first kappa shape index (κ1) is 19.9. The number of carbonyl (C=O) groups is 1. The summed E-state index contributed by atoms with van der Waals surface area (Å²) in [5.74, 6) is 0.904. The third-order valence-corrected chi connectivity index (χ3v) is 3.85. The van der Waals surface area contributed by atoms with E-state index in [1.807, 2.05) is 6.07 Å². The summed E-state index contributed by atoms with van der Waals surface area (Å²) < 4.78 is 15.4. The number of benzene rings is 2. The standard InChI is InChI=1S/C19H18ClN3O4/c1-25-14-5-7-18(27-3)16(9-14)23-19(24)12(10-21)11-22-13-4-6-17(26-2)15(20)8-13/h4-9,11,22H,1-3H3,(H,23,24)/b12-11-. The molecule has 2 rings (SSSR count). The zero-order valence-corrected chi connectivity index (χ0v) is 15.8. The molecule has 2 N–H and O–H groups in total. The van der Waals surface area contributed by atoms with Gasteiger partial charge in [-0.3, -0.25) is 4.79 Å². The van der Waals surface area contributed by atoms with Crippen molar-refractivity contribution in [1.82, 2.24) is 0 Å². The SMILES string of the molecule is COc1ccc(OC)c(NC(=O)/C(C#N)=C\Nc2ccc(OC)c(Cl)c2)c1. The fraction of sp³-hybridized carbons (Fsp3) is 0.158. The topological polar surface area (TPSA) is 92.6 Å². The van der Waals surface area contributed by atoms with Crippen LogP contribution < -0.4 is 24.8 Å². The highest BCUT2D eigenvalue weighted by Gasteiger charge is 2.13. The van der Waals surface area contributed by atoms with Gasteiger partial charge in [0, 0.05) is 18.0 Å². The molecular formula is C19H18ClN3O4. The number of rotatable bonds is 7. The minimum atomic E-state index is -0.601. The molecule has 0 radical (unpaired) electrons. The molecule has 2 aromatic rings. The molecule has 0 saturated heterocycles. The van der Waals surface area contributed by atoms with Crippen molar-refractivity contribution in [3.63, 3.8) is 0 Å². The molecule has 0 bridgehead atoms. The highest BCUT2D eigenvalue weighted by atomic mass is 35.5. The van der Waals surface area contributed by atoms with Crippen LogP contribution in [-0.4, -0.2) is 27.2 Å². The third-order valence-electron chi connectivity index (χ3n) is 3.55. The summed E-state index contributed by atoms with van der Waals surface area (Å²) in [6, 6.07) is 11.8. The Bertz CT molecular complexity index is 906. The van der Waals surface area contributed by atoms with Crippen LogP contribution in [0.15, 0.2) is 48.2 Å². The predicted molar refractivity (Wildman–Crippen MR) is 103 cm³/mol. The van der Waals surface area contributed by atoms with Gasteiger partial charge in [-0.1, -0.05) is 11.6 Å². The number of ether oxygens (including phenoxy) is 3. The molecule has 0 fully saturated rings. The molecule has 0 aromatic heterocycles. The van der Waals surface area contributed by atoms with E-state index >= 15 is 0 Å². The number of nitriles is 1. The van der Waals surface area contributed by atoms with Crippen molar-refractivity contribution in [2.45, 2.75) is 0 Å². The predicted octanol–water partition coefficient (Wildman–Crippen LogP) is 3.82. The van der Waals surface area contributed by atoms with Crippen LogP contribution in [0.3, 0.4) is 0 Å². The number of carbonyl (C=O) groups excluding carboxylic acids is 1. The molecule has 0 saturated carbocycles. The maximum absolute atomic E-state index is 12.4. The average Bonchev–Trinajstić information content (AvgIpc) is 2.68. The first-order valence-electron chi connectivity index (χ1n) is 7.76. The number of amides is 1. The molecule has 0 atom stereocenters. The summed E-state index contributed by atoms with van der Waals surface area (Å²) in [4.78, 5) is 12.4. The highest BCUT2D eigenvalue weighted by molar-refractivity contribution is 6.32. The largest absolute Gasteiger partial charge is 0.497 e. The van der Waals surface area contributed by atoms with Crippen LogP contribution in [0.25, 0.3) is 0 Å². The Morgan fingerprint density at radius 1 is 1.07 bits per heavy atom. The number of methoxy groups -OCH3 is 3. The van der Waals surface area contributed by atoms with Crippen LogP contribution in [0, 0.1) is 11.3 Å². The minimum Gasteiger partial charge on any atom is -0.497 e. The molecule has 0 aliphatic heterocycles. The van der Waals surface area contributed by atoms with Crippen molar-refractivity contribution in [3.05, 3.63) is 53.2 Å². The summed E-state index contributed by atoms with van der Waals surface area (Å²) in [6.07, 6.45) is 1.29. The lowest BCUT2D eigenvalue weighted by atomic mass is 10.2. The van der Waals surface area contributed by atoms with Crippen molar-refractivity contribution in [2.75, 3.05) is 32.0 Å². The lowest BCUT2D eigenvalue weighted by Gasteiger charge is -2.11. The van der Waals surface area contributed by atoms with Crippen molar-refractivity contribution >= 4 is 28.9 Å². The van der Waals surface area contributed by atoms with Crippen LogP contribution in [0.1, 0.15) is 0 Å². The Hall–Kier alpha value is -3.37. The average molecular weight is 388 g/mol. The molecule has 0 unspecified atom stereocenters. The van der Waals surface area contributed by atoms with E-state index < -0.39 is 5.91 Å². The number of hydrogen-bond acceptors (Lipinski definition) is 6. The zero-order chi connectivity index (χ0) is 19.8. The van der Waals surface area contributed by atoms with Gasteiger partial charge >= 0.3 is 0 Å². The summed E-state index contributed by atoms with van der Waals surface area (Å²) in [7, 11) is 4.50. The minimum absolute atomic E-state index is 0.133. The van der Waals surface area contributed by atoms with E-state index in [9.17, 15) is 10.1 Å². The van der Waals surface area contributed by atoms with E-state index in [4.69, 9.17) is 25.8 Å². The van der Waals surface area contributed by atoms with Crippen molar-refractivity contribution < 1.29 is 19.0 Å². The van der Waals surface area contributed by atoms with E-state index in [-0.39, 0.29) is 5.57 Å². The number of hydrogen-bond donors (Lipinski definition) is 2. The second-order valence-electron chi connectivity index (χ2n) is 5.18. The zero-order valence-electron chi connectivity index (χ0n) is 15.0. The fourth-order valence-corrected chi connectivity index (χ4v) is 2.42. The summed E-state index contributed by atoms with van der Waals surface area (Å²) >= 11 is 6.05. The second-order valence-corrected chi connectivity index (χ2v) is 5.59.